The number of methoxy groups -OCH3 is 1. The molecule has 0 unspecified atom stereocenters. The van der Waals surface area contributed by atoms with Gasteiger partial charge in [-0.15, -0.1) is 0 Å². The van der Waals surface area contributed by atoms with Crippen molar-refractivity contribution < 1.29 is 4.74 Å². The van der Waals surface area contributed by atoms with Crippen LogP contribution in [0, 0.1) is 0 Å². The summed E-state index contributed by atoms with van der Waals surface area (Å²) in [5, 5.41) is 0. The number of aromatic amines is 1. The summed E-state index contributed by atoms with van der Waals surface area (Å²) in [5.74, 6) is 1.83. The molecule has 22 heavy (non-hydrogen) atoms. The second kappa shape index (κ2) is 5.34. The Kier molecular flexibility index (Phi) is 3.19. The maximum Gasteiger partial charge on any atom is 0.138 e. The summed E-state index contributed by atoms with van der Waals surface area (Å²) in [6.45, 7) is 0. The van der Waals surface area contributed by atoms with Gasteiger partial charge in [0.15, 0.2) is 0 Å². The van der Waals surface area contributed by atoms with Crippen LogP contribution in [0.15, 0.2) is 48.5 Å². The number of rotatable bonds is 2. The maximum absolute atomic E-state index is 5.39. The van der Waals surface area contributed by atoms with Crippen LogP contribution in [-0.2, 0) is 12.8 Å². The number of hydrogen-bond donors (Lipinski definition) is 1. The van der Waals surface area contributed by atoms with E-state index in [2.05, 4.69) is 29.2 Å². The first-order valence-corrected chi connectivity index (χ1v) is 7.67. The average molecular weight is 290 g/mol. The molecule has 110 valence electrons. The van der Waals surface area contributed by atoms with E-state index >= 15 is 0 Å². The van der Waals surface area contributed by atoms with Gasteiger partial charge in [-0.3, -0.25) is 0 Å². The van der Waals surface area contributed by atoms with Crippen molar-refractivity contribution in [2.75, 3.05) is 7.11 Å². The number of nitrogens with zero attached hydrogens (tertiary/aromatic N) is 1. The normalized spacial score (nSPS) is 13.1. The van der Waals surface area contributed by atoms with Crippen LogP contribution in [0.2, 0.25) is 0 Å². The molecule has 0 saturated carbocycles. The van der Waals surface area contributed by atoms with Crippen molar-refractivity contribution >= 4 is 0 Å². The van der Waals surface area contributed by atoms with Crippen LogP contribution in [0.1, 0.15) is 17.7 Å². The molecule has 0 saturated heterocycles. The zero-order chi connectivity index (χ0) is 14.9. The Morgan fingerprint density at radius 3 is 2.73 bits per heavy atom. The predicted molar refractivity (Wildman–Crippen MR) is 88.0 cm³/mol. The Bertz CT molecular complexity index is 806. The third-order valence-electron chi connectivity index (χ3n) is 4.27. The fourth-order valence-corrected chi connectivity index (χ4v) is 3.12. The topological polar surface area (TPSA) is 37.9 Å². The lowest BCUT2D eigenvalue weighted by Crippen LogP contribution is -1.91. The Labute approximate surface area is 130 Å². The van der Waals surface area contributed by atoms with E-state index < -0.39 is 0 Å². The highest BCUT2D eigenvalue weighted by Gasteiger charge is 2.19. The molecule has 3 heteroatoms. The summed E-state index contributed by atoms with van der Waals surface area (Å²) in [6, 6.07) is 16.6. The number of nitrogens with one attached hydrogen (secondary N) is 1. The number of hydrogen-bond acceptors (Lipinski definition) is 2. The van der Waals surface area contributed by atoms with Gasteiger partial charge in [0.1, 0.15) is 11.6 Å². The van der Waals surface area contributed by atoms with Crippen LogP contribution in [0.25, 0.3) is 22.6 Å². The number of fused-ring (bicyclic) bond motifs is 3. The van der Waals surface area contributed by atoms with Gasteiger partial charge in [-0.05, 0) is 37.0 Å². The van der Waals surface area contributed by atoms with Crippen LogP contribution in [0.5, 0.6) is 5.75 Å². The van der Waals surface area contributed by atoms with E-state index in [1.807, 2.05) is 24.3 Å². The molecule has 0 aliphatic heterocycles. The zero-order valence-electron chi connectivity index (χ0n) is 12.6. The lowest BCUT2D eigenvalue weighted by atomic mass is 10.0. The molecule has 2 aromatic carbocycles. The monoisotopic (exact) mass is 290 g/mol. The van der Waals surface area contributed by atoms with Crippen molar-refractivity contribution in [1.82, 2.24) is 9.97 Å². The highest BCUT2D eigenvalue weighted by Crippen LogP contribution is 2.35. The molecule has 0 atom stereocenters. The van der Waals surface area contributed by atoms with E-state index in [4.69, 9.17) is 9.72 Å². The number of benzene rings is 2. The quantitative estimate of drug-likeness (QED) is 0.766. The molecule has 0 spiro atoms. The minimum Gasteiger partial charge on any atom is -0.497 e. The summed E-state index contributed by atoms with van der Waals surface area (Å²) >= 11 is 0. The fourth-order valence-electron chi connectivity index (χ4n) is 3.12. The van der Waals surface area contributed by atoms with Crippen molar-refractivity contribution in [2.45, 2.75) is 19.3 Å². The van der Waals surface area contributed by atoms with E-state index in [-0.39, 0.29) is 0 Å². The number of aromatic nitrogens is 2. The Hall–Kier alpha value is -2.55. The van der Waals surface area contributed by atoms with Crippen molar-refractivity contribution in [1.29, 1.82) is 0 Å². The van der Waals surface area contributed by atoms with E-state index in [9.17, 15) is 0 Å². The van der Waals surface area contributed by atoms with Crippen LogP contribution >= 0.6 is 0 Å². The van der Waals surface area contributed by atoms with Crippen molar-refractivity contribution in [3.63, 3.8) is 0 Å². The summed E-state index contributed by atoms with van der Waals surface area (Å²) in [5.41, 5.74) is 5.98. The zero-order valence-corrected chi connectivity index (χ0v) is 12.6. The van der Waals surface area contributed by atoms with Crippen LogP contribution in [-0.4, -0.2) is 17.1 Å². The van der Waals surface area contributed by atoms with Crippen LogP contribution in [0.3, 0.4) is 0 Å². The molecule has 3 nitrogen and oxygen atoms in total. The van der Waals surface area contributed by atoms with Crippen LogP contribution in [0.4, 0.5) is 0 Å². The van der Waals surface area contributed by atoms with Gasteiger partial charge in [-0.25, -0.2) is 4.98 Å². The SMILES string of the molecule is COc1ccc2c(c1)-c1nc(-c3ccccc3)[nH]c1CCC2. The summed E-state index contributed by atoms with van der Waals surface area (Å²) in [7, 11) is 1.71. The van der Waals surface area contributed by atoms with Crippen molar-refractivity contribution in [3.8, 4) is 28.4 Å². The lowest BCUT2D eigenvalue weighted by molar-refractivity contribution is 0.415. The van der Waals surface area contributed by atoms with Gasteiger partial charge in [0, 0.05) is 16.8 Å². The van der Waals surface area contributed by atoms with Crippen LogP contribution < -0.4 is 4.74 Å². The summed E-state index contributed by atoms with van der Waals surface area (Å²) < 4.78 is 5.39. The maximum atomic E-state index is 5.39. The highest BCUT2D eigenvalue weighted by molar-refractivity contribution is 5.72. The lowest BCUT2D eigenvalue weighted by Gasteiger charge is -2.07. The number of aryl methyl sites for hydroxylation is 2. The smallest absolute Gasteiger partial charge is 0.138 e. The van der Waals surface area contributed by atoms with E-state index in [1.165, 1.54) is 16.8 Å². The van der Waals surface area contributed by atoms with Crippen molar-refractivity contribution in [3.05, 3.63) is 59.8 Å². The number of H-pyrrole nitrogens is 1. The predicted octanol–water partition coefficient (Wildman–Crippen LogP) is 4.24. The molecule has 1 aliphatic rings. The number of ether oxygens (including phenoxy) is 1. The summed E-state index contributed by atoms with van der Waals surface area (Å²) in [6.07, 6.45) is 3.26. The van der Waals surface area contributed by atoms with Gasteiger partial charge in [0.25, 0.3) is 0 Å². The van der Waals surface area contributed by atoms with Gasteiger partial charge in [-0.1, -0.05) is 36.4 Å². The third-order valence-corrected chi connectivity index (χ3v) is 4.27. The molecule has 3 aromatic rings. The molecule has 0 bridgehead atoms. The Balaban J connectivity index is 1.87. The molecule has 0 radical (unpaired) electrons. The highest BCUT2D eigenvalue weighted by atomic mass is 16.5. The first-order chi connectivity index (χ1) is 10.8. The van der Waals surface area contributed by atoms with E-state index in [0.29, 0.717) is 0 Å². The molecule has 0 amide bonds. The molecule has 1 heterocycles. The largest absolute Gasteiger partial charge is 0.497 e. The second-order valence-electron chi connectivity index (χ2n) is 5.66. The minimum absolute atomic E-state index is 0.885. The van der Waals surface area contributed by atoms with E-state index in [1.54, 1.807) is 7.11 Å². The van der Waals surface area contributed by atoms with Gasteiger partial charge < -0.3 is 9.72 Å². The Morgan fingerprint density at radius 2 is 1.91 bits per heavy atom. The molecule has 0 fully saturated rings. The molecule has 4 rings (SSSR count). The molecule has 1 aromatic heterocycles. The molecular weight excluding hydrogens is 272 g/mol. The standard InChI is InChI=1S/C19H18N2O/c1-22-15-11-10-13-8-5-9-17-18(16(13)12-15)21-19(20-17)14-6-3-2-4-7-14/h2-4,6-7,10-12H,5,8-9H2,1H3,(H,20,21). The van der Waals surface area contributed by atoms with Gasteiger partial charge in [0.05, 0.1) is 12.8 Å². The first kappa shape index (κ1) is 13.1. The Morgan fingerprint density at radius 1 is 1.05 bits per heavy atom. The second-order valence-corrected chi connectivity index (χ2v) is 5.66. The van der Waals surface area contributed by atoms with Crippen molar-refractivity contribution in [2.24, 2.45) is 0 Å². The minimum atomic E-state index is 0.885. The molecule has 1 N–H and O–H groups in total. The average Bonchev–Trinajstić information content (AvgIpc) is 2.93. The first-order valence-electron chi connectivity index (χ1n) is 7.67. The van der Waals surface area contributed by atoms with Gasteiger partial charge in [0.2, 0.25) is 0 Å². The molecular formula is C19H18N2O. The van der Waals surface area contributed by atoms with Gasteiger partial charge >= 0.3 is 0 Å². The molecule has 1 aliphatic carbocycles. The third kappa shape index (κ3) is 2.19. The summed E-state index contributed by atoms with van der Waals surface area (Å²) in [4.78, 5) is 8.40. The van der Waals surface area contributed by atoms with E-state index in [0.717, 1.165) is 42.1 Å². The number of imidazole rings is 1. The fraction of sp³-hybridized carbons (Fsp3) is 0.211. The van der Waals surface area contributed by atoms with Gasteiger partial charge in [-0.2, -0.15) is 0 Å².